The third-order valence-corrected chi connectivity index (χ3v) is 5.19. The van der Waals surface area contributed by atoms with Crippen molar-refractivity contribution < 1.29 is 14.3 Å². The predicted molar refractivity (Wildman–Crippen MR) is 88.7 cm³/mol. The lowest BCUT2D eigenvalue weighted by Gasteiger charge is -2.35. The molecule has 1 amide bonds. The predicted octanol–water partition coefficient (Wildman–Crippen LogP) is 2.60. The van der Waals surface area contributed by atoms with Crippen molar-refractivity contribution in [2.24, 2.45) is 0 Å². The standard InChI is InChI=1S/C15H26N4O3Si/c1-15(2,3)22-14(21)18-8-7-11(20)9-13(18)12-10-19(17-16-12)23(4,5)6/h10,13H,7-9H2,1-6H3/t13-/m0/s1. The Labute approximate surface area is 138 Å². The van der Waals surface area contributed by atoms with Gasteiger partial charge in [-0.1, -0.05) is 5.21 Å². The highest BCUT2D eigenvalue weighted by molar-refractivity contribution is 6.74. The van der Waals surface area contributed by atoms with Crippen LogP contribution in [-0.2, 0) is 9.53 Å². The lowest BCUT2D eigenvalue weighted by Crippen LogP contribution is -2.44. The molecule has 1 aliphatic heterocycles. The second kappa shape index (κ2) is 6.07. The molecule has 2 rings (SSSR count). The Hall–Kier alpha value is -1.70. The summed E-state index contributed by atoms with van der Waals surface area (Å²) in [6, 6.07) is -0.392. The van der Waals surface area contributed by atoms with E-state index in [4.69, 9.17) is 4.74 Å². The first-order valence-corrected chi connectivity index (χ1v) is 11.4. The van der Waals surface area contributed by atoms with Crippen molar-refractivity contribution in [2.75, 3.05) is 6.54 Å². The van der Waals surface area contributed by atoms with E-state index in [1.807, 2.05) is 31.3 Å². The Morgan fingerprint density at radius 3 is 2.52 bits per heavy atom. The molecular formula is C15H26N4O3Si. The molecule has 1 fully saturated rings. The van der Waals surface area contributed by atoms with Crippen LogP contribution in [0.5, 0.6) is 0 Å². The highest BCUT2D eigenvalue weighted by Gasteiger charge is 2.36. The first-order chi connectivity index (χ1) is 10.5. The van der Waals surface area contributed by atoms with Crippen LogP contribution in [0.15, 0.2) is 6.20 Å². The molecule has 0 bridgehead atoms. The van der Waals surface area contributed by atoms with Crippen LogP contribution >= 0.6 is 0 Å². The van der Waals surface area contributed by atoms with Gasteiger partial charge in [-0.2, -0.15) is 0 Å². The number of likely N-dealkylation sites (tertiary alicyclic amines) is 1. The molecule has 8 heteroatoms. The van der Waals surface area contributed by atoms with Gasteiger partial charge in [-0.15, -0.1) is 5.10 Å². The highest BCUT2D eigenvalue weighted by Crippen LogP contribution is 2.29. The summed E-state index contributed by atoms with van der Waals surface area (Å²) in [4.78, 5) is 25.9. The fourth-order valence-electron chi connectivity index (χ4n) is 2.39. The summed E-state index contributed by atoms with van der Waals surface area (Å²) in [5.41, 5.74) is 0.0882. The molecule has 128 valence electrons. The number of carbonyl (C=O) groups excluding carboxylic acids is 2. The number of rotatable bonds is 2. The number of amides is 1. The Kier molecular flexibility index (Phi) is 4.65. The topological polar surface area (TPSA) is 77.3 Å². The molecule has 1 aromatic heterocycles. The minimum atomic E-state index is -1.66. The molecule has 1 aliphatic rings. The monoisotopic (exact) mass is 338 g/mol. The maximum absolute atomic E-state index is 12.5. The van der Waals surface area contributed by atoms with Crippen LogP contribution in [0.2, 0.25) is 19.6 Å². The quantitative estimate of drug-likeness (QED) is 0.775. The molecule has 0 saturated carbocycles. The number of aromatic nitrogens is 3. The average molecular weight is 338 g/mol. The van der Waals surface area contributed by atoms with E-state index in [2.05, 4.69) is 30.0 Å². The number of hydrogen-bond acceptors (Lipinski definition) is 5. The third kappa shape index (κ3) is 4.40. The molecule has 1 aromatic rings. The third-order valence-electron chi connectivity index (χ3n) is 3.60. The first-order valence-electron chi connectivity index (χ1n) is 7.91. The van der Waals surface area contributed by atoms with Crippen molar-refractivity contribution in [2.45, 2.75) is 64.9 Å². The molecule has 0 N–H and O–H groups in total. The van der Waals surface area contributed by atoms with E-state index >= 15 is 0 Å². The molecule has 1 atom stereocenters. The van der Waals surface area contributed by atoms with Crippen LogP contribution < -0.4 is 0 Å². The van der Waals surface area contributed by atoms with Gasteiger partial charge in [0, 0.05) is 25.6 Å². The molecular weight excluding hydrogens is 312 g/mol. The van der Waals surface area contributed by atoms with E-state index in [0.29, 0.717) is 18.7 Å². The second-order valence-electron chi connectivity index (χ2n) is 7.94. The van der Waals surface area contributed by atoms with Crippen LogP contribution in [0.1, 0.15) is 45.3 Å². The van der Waals surface area contributed by atoms with Crippen molar-refractivity contribution in [1.29, 1.82) is 0 Å². The Morgan fingerprint density at radius 1 is 1.35 bits per heavy atom. The van der Waals surface area contributed by atoms with Gasteiger partial charge in [0.1, 0.15) is 17.1 Å². The van der Waals surface area contributed by atoms with Gasteiger partial charge in [-0.3, -0.25) is 14.0 Å². The maximum atomic E-state index is 12.5. The van der Waals surface area contributed by atoms with Crippen molar-refractivity contribution in [1.82, 2.24) is 19.6 Å². The summed E-state index contributed by atoms with van der Waals surface area (Å²) in [6.07, 6.45) is 2.09. The van der Waals surface area contributed by atoms with Crippen LogP contribution in [0.4, 0.5) is 4.79 Å². The lowest BCUT2D eigenvalue weighted by atomic mass is 9.99. The lowest BCUT2D eigenvalue weighted by molar-refractivity contribution is -0.123. The Bertz CT molecular complexity index is 601. The molecule has 7 nitrogen and oxygen atoms in total. The van der Waals surface area contributed by atoms with E-state index < -0.39 is 26.0 Å². The van der Waals surface area contributed by atoms with Crippen molar-refractivity contribution in [3.8, 4) is 0 Å². The Morgan fingerprint density at radius 2 is 2.00 bits per heavy atom. The van der Waals surface area contributed by atoms with Crippen molar-refractivity contribution in [3.05, 3.63) is 11.9 Å². The zero-order chi connectivity index (χ0) is 17.4. The van der Waals surface area contributed by atoms with Gasteiger partial charge in [0.25, 0.3) is 0 Å². The van der Waals surface area contributed by atoms with Gasteiger partial charge in [-0.05, 0) is 40.4 Å². The van der Waals surface area contributed by atoms with E-state index in [1.54, 1.807) is 4.90 Å². The van der Waals surface area contributed by atoms with E-state index in [1.165, 1.54) is 0 Å². The van der Waals surface area contributed by atoms with E-state index in [9.17, 15) is 9.59 Å². The smallest absolute Gasteiger partial charge is 0.410 e. The summed E-state index contributed by atoms with van der Waals surface area (Å²) >= 11 is 0. The van der Waals surface area contributed by atoms with Gasteiger partial charge in [0.15, 0.2) is 8.24 Å². The molecule has 0 radical (unpaired) electrons. The fourth-order valence-corrected chi connectivity index (χ4v) is 3.22. The zero-order valence-corrected chi connectivity index (χ0v) is 15.8. The number of ketones is 1. The van der Waals surface area contributed by atoms with Gasteiger partial charge in [0.05, 0.1) is 6.04 Å². The number of ether oxygens (including phenoxy) is 1. The second-order valence-corrected chi connectivity index (χ2v) is 12.7. The van der Waals surface area contributed by atoms with Crippen molar-refractivity contribution in [3.63, 3.8) is 0 Å². The van der Waals surface area contributed by atoms with Crippen LogP contribution in [-0.4, -0.2) is 51.8 Å². The summed E-state index contributed by atoms with van der Waals surface area (Å²) in [5.74, 6) is 0.136. The minimum absolute atomic E-state index is 0.136. The van der Waals surface area contributed by atoms with Crippen LogP contribution in [0.25, 0.3) is 0 Å². The van der Waals surface area contributed by atoms with Crippen LogP contribution in [0, 0.1) is 0 Å². The van der Waals surface area contributed by atoms with Gasteiger partial charge >= 0.3 is 6.09 Å². The number of nitrogens with zero attached hydrogens (tertiary/aromatic N) is 4. The van der Waals surface area contributed by atoms with Gasteiger partial charge in [-0.25, -0.2) is 4.79 Å². The van der Waals surface area contributed by atoms with Crippen molar-refractivity contribution >= 4 is 20.1 Å². The molecule has 0 spiro atoms. The number of Topliss-reactive ketones (excluding diaryl/α,β-unsaturated/α-hetero) is 1. The molecule has 2 heterocycles. The normalized spacial score (nSPS) is 19.8. The summed E-state index contributed by atoms with van der Waals surface area (Å²) < 4.78 is 7.35. The highest BCUT2D eigenvalue weighted by atomic mass is 28.3. The average Bonchev–Trinajstić information content (AvgIpc) is 2.85. The molecule has 0 aromatic carbocycles. The SMILES string of the molecule is CC(C)(C)OC(=O)N1CCC(=O)C[C@H]1c1cn([Si](C)(C)C)nn1. The summed E-state index contributed by atoms with van der Waals surface area (Å²) in [5, 5.41) is 8.41. The van der Waals surface area contributed by atoms with Crippen LogP contribution in [0.3, 0.4) is 0 Å². The zero-order valence-electron chi connectivity index (χ0n) is 14.8. The van der Waals surface area contributed by atoms with E-state index in [-0.39, 0.29) is 12.2 Å². The van der Waals surface area contributed by atoms with Gasteiger partial charge in [0.2, 0.25) is 0 Å². The van der Waals surface area contributed by atoms with E-state index in [0.717, 1.165) is 0 Å². The first kappa shape index (κ1) is 17.6. The number of carbonyl (C=O) groups is 2. The minimum Gasteiger partial charge on any atom is -0.444 e. The largest absolute Gasteiger partial charge is 0.444 e. The maximum Gasteiger partial charge on any atom is 0.410 e. The molecule has 23 heavy (non-hydrogen) atoms. The Balaban J connectivity index is 2.26. The fraction of sp³-hybridized carbons (Fsp3) is 0.733. The number of piperidine rings is 1. The summed E-state index contributed by atoms with van der Waals surface area (Å²) in [7, 11) is -1.66. The summed E-state index contributed by atoms with van der Waals surface area (Å²) in [6.45, 7) is 12.3. The molecule has 0 unspecified atom stereocenters. The van der Waals surface area contributed by atoms with Gasteiger partial charge < -0.3 is 4.74 Å². The molecule has 0 aliphatic carbocycles. The molecule has 1 saturated heterocycles. The number of hydrogen-bond donors (Lipinski definition) is 0.